The summed E-state index contributed by atoms with van der Waals surface area (Å²) in [6, 6.07) is 12.7. The fourth-order valence-electron chi connectivity index (χ4n) is 3.55. The molecule has 21 heavy (non-hydrogen) atoms. The second-order valence-electron chi connectivity index (χ2n) is 7.08. The number of hydrogen-bond acceptors (Lipinski definition) is 2. The van der Waals surface area contributed by atoms with Crippen LogP contribution in [0.25, 0.3) is 0 Å². The Balaban J connectivity index is 2.10. The minimum absolute atomic E-state index is 0.476. The van der Waals surface area contributed by atoms with Crippen molar-refractivity contribution in [3.63, 3.8) is 0 Å². The molecule has 1 aromatic carbocycles. The lowest BCUT2D eigenvalue weighted by Gasteiger charge is -2.39. The molecule has 0 aliphatic heterocycles. The predicted molar refractivity (Wildman–Crippen MR) is 91.5 cm³/mol. The monoisotopic (exact) mass is 288 g/mol. The molecule has 0 spiro atoms. The molecule has 2 nitrogen and oxygen atoms in total. The number of nitrogens with one attached hydrogen (secondary N) is 1. The molecule has 3 atom stereocenters. The van der Waals surface area contributed by atoms with Crippen LogP contribution in [-0.4, -0.2) is 30.6 Å². The molecule has 3 unspecified atom stereocenters. The molecule has 0 radical (unpaired) electrons. The van der Waals surface area contributed by atoms with E-state index in [1.165, 1.54) is 31.2 Å². The molecule has 0 aromatic heterocycles. The van der Waals surface area contributed by atoms with Crippen molar-refractivity contribution >= 4 is 0 Å². The molecule has 1 aliphatic rings. The van der Waals surface area contributed by atoms with E-state index in [0.29, 0.717) is 12.1 Å². The molecule has 1 saturated carbocycles. The third kappa shape index (κ3) is 4.82. The van der Waals surface area contributed by atoms with E-state index in [2.05, 4.69) is 68.4 Å². The molecular formula is C19H32N2. The quantitative estimate of drug-likeness (QED) is 0.842. The van der Waals surface area contributed by atoms with Crippen molar-refractivity contribution < 1.29 is 0 Å². The fourth-order valence-corrected chi connectivity index (χ4v) is 3.55. The third-order valence-corrected chi connectivity index (χ3v) is 4.88. The van der Waals surface area contributed by atoms with Crippen LogP contribution in [0.2, 0.25) is 0 Å². The van der Waals surface area contributed by atoms with E-state index < -0.39 is 0 Å². The summed E-state index contributed by atoms with van der Waals surface area (Å²) in [6.07, 6.45) is 5.49. The Morgan fingerprint density at radius 2 is 1.90 bits per heavy atom. The number of benzene rings is 1. The largest absolute Gasteiger partial charge is 0.313 e. The van der Waals surface area contributed by atoms with Gasteiger partial charge >= 0.3 is 0 Å². The highest BCUT2D eigenvalue weighted by atomic mass is 15.2. The lowest BCUT2D eigenvalue weighted by Crippen LogP contribution is -2.43. The van der Waals surface area contributed by atoms with Gasteiger partial charge in [0.2, 0.25) is 0 Å². The van der Waals surface area contributed by atoms with Crippen LogP contribution in [0.1, 0.15) is 58.1 Å². The van der Waals surface area contributed by atoms with Gasteiger partial charge in [-0.25, -0.2) is 0 Å². The maximum Gasteiger partial charge on any atom is 0.0472 e. The van der Waals surface area contributed by atoms with Crippen molar-refractivity contribution in [2.75, 3.05) is 13.6 Å². The average Bonchev–Trinajstić information content (AvgIpc) is 2.48. The first-order valence-electron chi connectivity index (χ1n) is 8.58. The van der Waals surface area contributed by atoms with Crippen LogP contribution in [0.5, 0.6) is 0 Å². The second-order valence-corrected chi connectivity index (χ2v) is 7.08. The van der Waals surface area contributed by atoms with Gasteiger partial charge in [0.1, 0.15) is 0 Å². The van der Waals surface area contributed by atoms with Gasteiger partial charge in [0.15, 0.2) is 0 Å². The summed E-state index contributed by atoms with van der Waals surface area (Å²) in [5.74, 6) is 0.876. The number of hydrogen-bond donors (Lipinski definition) is 1. The average molecular weight is 288 g/mol. The summed E-state index contributed by atoms with van der Waals surface area (Å²) in [5, 5.41) is 3.63. The second kappa shape index (κ2) is 7.95. The zero-order valence-electron chi connectivity index (χ0n) is 14.2. The zero-order chi connectivity index (χ0) is 15.2. The lowest BCUT2D eigenvalue weighted by molar-refractivity contribution is 0.115. The van der Waals surface area contributed by atoms with E-state index in [1.54, 1.807) is 0 Å². The predicted octanol–water partition coefficient (Wildman–Crippen LogP) is 4.24. The summed E-state index contributed by atoms with van der Waals surface area (Å²) in [6.45, 7) is 7.89. The molecule has 1 fully saturated rings. The Labute approximate surface area is 130 Å². The maximum absolute atomic E-state index is 3.63. The molecule has 0 heterocycles. The van der Waals surface area contributed by atoms with Crippen LogP contribution in [0.3, 0.4) is 0 Å². The van der Waals surface area contributed by atoms with Crippen LogP contribution < -0.4 is 5.32 Å². The van der Waals surface area contributed by atoms with Gasteiger partial charge in [-0.05, 0) is 31.4 Å². The maximum atomic E-state index is 3.63. The number of rotatable bonds is 6. The van der Waals surface area contributed by atoms with E-state index in [9.17, 15) is 0 Å². The van der Waals surface area contributed by atoms with E-state index in [1.807, 2.05) is 0 Å². The van der Waals surface area contributed by atoms with Crippen LogP contribution in [0, 0.1) is 5.92 Å². The molecule has 0 bridgehead atoms. The van der Waals surface area contributed by atoms with Gasteiger partial charge in [-0.3, -0.25) is 4.90 Å². The minimum Gasteiger partial charge on any atom is -0.313 e. The van der Waals surface area contributed by atoms with Crippen LogP contribution >= 0.6 is 0 Å². The molecule has 1 aliphatic carbocycles. The summed E-state index contributed by atoms with van der Waals surface area (Å²) < 4.78 is 0. The minimum atomic E-state index is 0.476. The Morgan fingerprint density at radius 3 is 2.52 bits per heavy atom. The smallest absolute Gasteiger partial charge is 0.0472 e. The molecule has 1 N–H and O–H groups in total. The van der Waals surface area contributed by atoms with Gasteiger partial charge in [-0.2, -0.15) is 0 Å². The molecule has 2 heteroatoms. The third-order valence-electron chi connectivity index (χ3n) is 4.88. The van der Waals surface area contributed by atoms with Crippen LogP contribution in [-0.2, 0) is 0 Å². The molecule has 0 amide bonds. The Morgan fingerprint density at radius 1 is 1.19 bits per heavy atom. The van der Waals surface area contributed by atoms with Gasteiger partial charge in [-0.15, -0.1) is 0 Å². The summed E-state index contributed by atoms with van der Waals surface area (Å²) in [7, 11) is 2.32. The summed E-state index contributed by atoms with van der Waals surface area (Å²) in [4.78, 5) is 2.63. The normalized spacial score (nSPS) is 24.5. The highest BCUT2D eigenvalue weighted by molar-refractivity contribution is 5.19. The van der Waals surface area contributed by atoms with Crippen molar-refractivity contribution in [3.8, 4) is 0 Å². The van der Waals surface area contributed by atoms with Crippen LogP contribution in [0.4, 0.5) is 0 Å². The Kier molecular flexibility index (Phi) is 6.25. The van der Waals surface area contributed by atoms with Crippen molar-refractivity contribution in [2.24, 2.45) is 5.92 Å². The molecule has 1 aromatic rings. The Hall–Kier alpha value is -0.860. The van der Waals surface area contributed by atoms with Crippen molar-refractivity contribution in [1.82, 2.24) is 10.2 Å². The first kappa shape index (κ1) is 16.5. The van der Waals surface area contributed by atoms with E-state index >= 15 is 0 Å². The number of likely N-dealkylation sites (N-methyl/N-ethyl adjacent to an activating group) is 1. The summed E-state index contributed by atoms with van der Waals surface area (Å²) in [5.41, 5.74) is 1.44. The van der Waals surface area contributed by atoms with Crippen molar-refractivity contribution in [1.29, 1.82) is 0 Å². The van der Waals surface area contributed by atoms with Gasteiger partial charge in [0.05, 0.1) is 0 Å². The van der Waals surface area contributed by atoms with Gasteiger partial charge in [-0.1, -0.05) is 63.9 Å². The first-order chi connectivity index (χ1) is 10.1. The first-order valence-corrected chi connectivity index (χ1v) is 8.58. The SMILES string of the molecule is CC1CCCC(N(C)C(CNC(C)C)c2ccccc2)C1. The number of nitrogens with zero attached hydrogens (tertiary/aromatic N) is 1. The Bertz CT molecular complexity index is 401. The lowest BCUT2D eigenvalue weighted by atomic mass is 9.85. The van der Waals surface area contributed by atoms with E-state index in [0.717, 1.165) is 18.5 Å². The van der Waals surface area contributed by atoms with Gasteiger partial charge in [0, 0.05) is 24.7 Å². The highest BCUT2D eigenvalue weighted by Gasteiger charge is 2.27. The van der Waals surface area contributed by atoms with E-state index in [4.69, 9.17) is 0 Å². The highest BCUT2D eigenvalue weighted by Crippen LogP contribution is 2.31. The van der Waals surface area contributed by atoms with Crippen molar-refractivity contribution in [3.05, 3.63) is 35.9 Å². The van der Waals surface area contributed by atoms with Crippen LogP contribution in [0.15, 0.2) is 30.3 Å². The fraction of sp³-hybridized carbons (Fsp3) is 0.684. The van der Waals surface area contributed by atoms with E-state index in [-0.39, 0.29) is 0 Å². The summed E-state index contributed by atoms with van der Waals surface area (Å²) >= 11 is 0. The van der Waals surface area contributed by atoms with Crippen molar-refractivity contribution in [2.45, 2.75) is 64.6 Å². The zero-order valence-corrected chi connectivity index (χ0v) is 14.2. The molecule has 0 saturated heterocycles. The van der Waals surface area contributed by atoms with Gasteiger partial charge < -0.3 is 5.32 Å². The topological polar surface area (TPSA) is 15.3 Å². The molecule has 118 valence electrons. The van der Waals surface area contributed by atoms with Gasteiger partial charge in [0.25, 0.3) is 0 Å². The standard InChI is InChI=1S/C19H32N2/c1-15(2)20-14-19(17-10-6-5-7-11-17)21(4)18-12-8-9-16(3)13-18/h5-7,10-11,15-16,18-20H,8-9,12-14H2,1-4H3. The molecular weight excluding hydrogens is 256 g/mol. The molecule has 2 rings (SSSR count).